The van der Waals surface area contributed by atoms with Crippen molar-refractivity contribution in [1.82, 2.24) is 0 Å². The van der Waals surface area contributed by atoms with Crippen molar-refractivity contribution in [3.05, 3.63) is 24.0 Å². The van der Waals surface area contributed by atoms with E-state index < -0.39 is 23.5 Å². The van der Waals surface area contributed by atoms with E-state index in [1.165, 1.54) is 0 Å². The monoisotopic (exact) mass is 263 g/mol. The molecular weight excluding hydrogens is 256 g/mol. The van der Waals surface area contributed by atoms with Gasteiger partial charge in [0.15, 0.2) is 5.60 Å². The Hall–Kier alpha value is -1.30. The third kappa shape index (κ3) is 2.38. The van der Waals surface area contributed by atoms with Gasteiger partial charge in [0.25, 0.3) is 0 Å². The molecule has 0 aliphatic heterocycles. The van der Waals surface area contributed by atoms with E-state index >= 15 is 0 Å². The summed E-state index contributed by atoms with van der Waals surface area (Å²) >= 11 is 0. The van der Waals surface area contributed by atoms with Crippen LogP contribution < -0.4 is 0 Å². The van der Waals surface area contributed by atoms with Crippen LogP contribution in [0.4, 0.5) is 0 Å². The largest absolute Gasteiger partial charge is 0.508 e. The Morgan fingerprint density at radius 2 is 1.87 bits per heavy atom. The summed E-state index contributed by atoms with van der Waals surface area (Å²) in [6.07, 6.45) is 2.45. The molecule has 0 aromatic heterocycles. The third-order valence-electron chi connectivity index (χ3n) is 1.93. The smallest absolute Gasteiger partial charge is 0.341 e. The van der Waals surface area contributed by atoms with Gasteiger partial charge in [0.2, 0.25) is 0 Å². The van der Waals surface area contributed by atoms with E-state index in [0.717, 1.165) is 18.2 Å². The van der Waals surface area contributed by atoms with Crippen molar-refractivity contribution in [2.24, 2.45) is 5.92 Å². The summed E-state index contributed by atoms with van der Waals surface area (Å²) in [6, 6.07) is 0. The van der Waals surface area contributed by atoms with Gasteiger partial charge in [-0.3, -0.25) is 4.79 Å². The molecule has 7 heteroatoms. The molecule has 1 aliphatic carbocycles. The molecule has 0 bridgehead atoms. The van der Waals surface area contributed by atoms with E-state index in [2.05, 4.69) is 0 Å². The minimum Gasteiger partial charge on any atom is -0.508 e. The van der Waals surface area contributed by atoms with Crippen LogP contribution >= 0.6 is 0 Å². The van der Waals surface area contributed by atoms with Gasteiger partial charge in [-0.25, -0.2) is 4.79 Å². The van der Waals surface area contributed by atoms with Crippen LogP contribution in [0.3, 0.4) is 0 Å². The molecule has 0 saturated heterocycles. The number of carbonyl (C=O) groups is 2. The van der Waals surface area contributed by atoms with Crippen molar-refractivity contribution in [1.29, 1.82) is 0 Å². The molecule has 2 unspecified atom stereocenters. The number of carboxylic acid groups (broad SMARTS) is 2. The molecule has 4 N–H and O–H groups in total. The number of hydrogen-bond donors (Lipinski definition) is 4. The molecule has 0 fully saturated rings. The van der Waals surface area contributed by atoms with Crippen LogP contribution in [0.1, 0.15) is 0 Å². The summed E-state index contributed by atoms with van der Waals surface area (Å²) in [6.45, 7) is 0. The molecule has 1 radical (unpaired) electrons. The van der Waals surface area contributed by atoms with Gasteiger partial charge in [0.05, 0.1) is 0 Å². The van der Waals surface area contributed by atoms with Crippen molar-refractivity contribution < 1.29 is 47.1 Å². The Bertz CT molecular complexity index is 347. The fourth-order valence-electron chi connectivity index (χ4n) is 1.13. The van der Waals surface area contributed by atoms with Crippen LogP contribution in [-0.4, -0.2) is 38.0 Å². The van der Waals surface area contributed by atoms with E-state index in [1.54, 1.807) is 0 Å². The zero-order valence-corrected chi connectivity index (χ0v) is 8.16. The summed E-state index contributed by atoms with van der Waals surface area (Å²) in [5.41, 5.74) is -2.50. The van der Waals surface area contributed by atoms with E-state index in [9.17, 15) is 14.7 Å². The Kier molecular flexibility index (Phi) is 4.09. The molecule has 0 saturated carbocycles. The van der Waals surface area contributed by atoms with Gasteiger partial charge < -0.3 is 20.4 Å². The van der Waals surface area contributed by atoms with Crippen molar-refractivity contribution in [3.63, 3.8) is 0 Å². The second-order valence-electron chi connectivity index (χ2n) is 2.87. The Morgan fingerprint density at radius 3 is 2.27 bits per heavy atom. The zero-order chi connectivity index (χ0) is 10.9. The predicted molar refractivity (Wildman–Crippen MR) is 43.6 cm³/mol. The van der Waals surface area contributed by atoms with Crippen LogP contribution in [0.2, 0.25) is 0 Å². The van der Waals surface area contributed by atoms with Crippen molar-refractivity contribution in [2.45, 2.75) is 5.60 Å². The predicted octanol–water partition coefficient (Wildman–Crippen LogP) is -0.488. The van der Waals surface area contributed by atoms with Crippen molar-refractivity contribution in [2.75, 3.05) is 0 Å². The third-order valence-corrected chi connectivity index (χ3v) is 1.93. The summed E-state index contributed by atoms with van der Waals surface area (Å²) in [4.78, 5) is 21.2. The van der Waals surface area contributed by atoms with Gasteiger partial charge in [-0.05, 0) is 18.2 Å². The first-order valence-electron chi connectivity index (χ1n) is 3.66. The first-order chi connectivity index (χ1) is 6.38. The molecule has 87 valence electrons. The topological polar surface area (TPSA) is 115 Å². The second-order valence-corrected chi connectivity index (χ2v) is 2.87. The number of allylic oxidation sites excluding steroid dienone is 1. The Labute approximate surface area is 95.0 Å². The molecule has 0 aromatic carbocycles. The maximum Gasteiger partial charge on any atom is 0.341 e. The van der Waals surface area contributed by atoms with Crippen LogP contribution in [0.5, 0.6) is 0 Å². The van der Waals surface area contributed by atoms with Crippen molar-refractivity contribution in [3.8, 4) is 0 Å². The van der Waals surface area contributed by atoms with E-state index in [4.69, 9.17) is 15.3 Å². The first-order valence-corrected chi connectivity index (χ1v) is 3.66. The number of hydrogen-bond acceptors (Lipinski definition) is 4. The minimum atomic E-state index is -2.50. The second kappa shape index (κ2) is 4.48. The maximum atomic E-state index is 10.6. The molecule has 2 atom stereocenters. The van der Waals surface area contributed by atoms with Crippen LogP contribution in [0, 0.1) is 5.92 Å². The van der Waals surface area contributed by atoms with E-state index in [1.807, 2.05) is 0 Å². The van der Waals surface area contributed by atoms with Gasteiger partial charge >= 0.3 is 11.9 Å². The Morgan fingerprint density at radius 1 is 1.33 bits per heavy atom. The molecule has 0 heterocycles. The summed E-state index contributed by atoms with van der Waals surface area (Å²) in [5, 5.41) is 35.7. The number of aliphatic hydroxyl groups excluding tert-OH is 1. The van der Waals surface area contributed by atoms with E-state index in [-0.39, 0.29) is 22.8 Å². The fourth-order valence-corrected chi connectivity index (χ4v) is 1.13. The average molecular weight is 264 g/mol. The number of aliphatic hydroxyl groups is 2. The van der Waals surface area contributed by atoms with Crippen LogP contribution in [-0.2, 0) is 26.7 Å². The van der Waals surface area contributed by atoms with Crippen molar-refractivity contribution >= 4 is 11.9 Å². The molecule has 1 rings (SSSR count). The van der Waals surface area contributed by atoms with Gasteiger partial charge in [-0.1, -0.05) is 0 Å². The summed E-state index contributed by atoms with van der Waals surface area (Å²) < 4.78 is 0. The molecule has 6 nitrogen and oxygen atoms in total. The minimum absolute atomic E-state index is 0. The average Bonchev–Trinajstić information content (AvgIpc) is 2.08. The quantitative estimate of drug-likeness (QED) is 0.500. The first kappa shape index (κ1) is 13.7. The maximum absolute atomic E-state index is 10.6. The number of aliphatic carboxylic acids is 2. The molecule has 15 heavy (non-hydrogen) atoms. The molecule has 1 aliphatic rings. The van der Waals surface area contributed by atoms with Gasteiger partial charge in [0.1, 0.15) is 11.7 Å². The summed E-state index contributed by atoms with van der Waals surface area (Å²) in [7, 11) is 0. The molecule has 0 aromatic rings. The Balaban J connectivity index is 0.00000196. The van der Waals surface area contributed by atoms with Gasteiger partial charge in [-0.15, -0.1) is 0 Å². The number of rotatable bonds is 2. The normalized spacial score (nSPS) is 28.9. The molecule has 0 amide bonds. The van der Waals surface area contributed by atoms with Crippen LogP contribution in [0.25, 0.3) is 0 Å². The zero-order valence-electron chi connectivity index (χ0n) is 7.22. The standard InChI is InChI=1S/C8H8O6.Cu/c9-4-1-2-8(14,7(12)13)5(3-4)6(10)11;/h1-3,5,9,14H,(H,10,11)(H,12,13);. The van der Waals surface area contributed by atoms with Crippen LogP contribution in [0.15, 0.2) is 24.0 Å². The van der Waals surface area contributed by atoms with Gasteiger partial charge in [0, 0.05) is 17.1 Å². The number of carboxylic acids is 2. The van der Waals surface area contributed by atoms with E-state index in [0.29, 0.717) is 0 Å². The molecular formula is C8H8CuO6. The SMILES string of the molecule is O=C(O)C1C=C(O)C=CC1(O)C(=O)O.[Cu]. The fraction of sp³-hybridized carbons (Fsp3) is 0.250. The van der Waals surface area contributed by atoms with Gasteiger partial charge in [-0.2, -0.15) is 0 Å². The molecule has 0 spiro atoms. The summed E-state index contributed by atoms with van der Waals surface area (Å²) in [5.74, 6) is -5.27.